The number of nitrogens with zero attached hydrogens (tertiary/aromatic N) is 1. The van der Waals surface area contributed by atoms with Gasteiger partial charge in [0.2, 0.25) is 11.8 Å². The molecule has 16 heavy (non-hydrogen) atoms. The molecule has 0 N–H and O–H groups in total. The molecule has 1 rings (SSSR count). The second kappa shape index (κ2) is 6.66. The molecule has 1 saturated heterocycles. The molecular weight excluding hydrogens is 202 g/mol. The van der Waals surface area contributed by atoms with Crippen molar-refractivity contribution in [3.8, 4) is 0 Å². The van der Waals surface area contributed by atoms with E-state index in [4.69, 9.17) is 0 Å². The van der Waals surface area contributed by atoms with Gasteiger partial charge in [0, 0.05) is 18.9 Å². The van der Waals surface area contributed by atoms with Gasteiger partial charge < -0.3 is 0 Å². The molecule has 1 atom stereocenters. The first-order valence-electron chi connectivity index (χ1n) is 6.54. The summed E-state index contributed by atoms with van der Waals surface area (Å²) in [5.74, 6) is 0.102. The average molecular weight is 225 g/mol. The molecule has 3 heteroatoms. The van der Waals surface area contributed by atoms with Gasteiger partial charge in [0.1, 0.15) is 0 Å². The Morgan fingerprint density at radius 2 is 1.81 bits per heavy atom. The van der Waals surface area contributed by atoms with Crippen LogP contribution in [0.2, 0.25) is 0 Å². The maximum atomic E-state index is 11.9. The highest BCUT2D eigenvalue weighted by atomic mass is 16.2. The standard InChI is InChI=1S/C13H23NO2/c1-3-5-7-8-11-10-12(15)14(13(11)16)9-6-4-2/h11H,3-10H2,1-2H3. The van der Waals surface area contributed by atoms with E-state index in [9.17, 15) is 9.59 Å². The highest BCUT2D eigenvalue weighted by Crippen LogP contribution is 2.25. The van der Waals surface area contributed by atoms with Crippen molar-refractivity contribution in [2.75, 3.05) is 6.54 Å². The predicted octanol–water partition coefficient (Wildman–Crippen LogP) is 2.74. The zero-order valence-corrected chi connectivity index (χ0v) is 10.5. The molecular formula is C13H23NO2. The van der Waals surface area contributed by atoms with Gasteiger partial charge in [0.05, 0.1) is 0 Å². The number of carbonyl (C=O) groups is 2. The molecule has 3 nitrogen and oxygen atoms in total. The van der Waals surface area contributed by atoms with Crippen LogP contribution in [0.4, 0.5) is 0 Å². The fraction of sp³-hybridized carbons (Fsp3) is 0.846. The van der Waals surface area contributed by atoms with Crippen molar-refractivity contribution in [1.29, 1.82) is 0 Å². The van der Waals surface area contributed by atoms with Gasteiger partial charge in [-0.25, -0.2) is 0 Å². The minimum atomic E-state index is -0.0177. The van der Waals surface area contributed by atoms with Gasteiger partial charge in [-0.3, -0.25) is 14.5 Å². The maximum Gasteiger partial charge on any atom is 0.232 e. The highest BCUT2D eigenvalue weighted by Gasteiger charge is 2.37. The van der Waals surface area contributed by atoms with E-state index in [1.54, 1.807) is 0 Å². The average Bonchev–Trinajstić information content (AvgIpc) is 2.53. The normalized spacial score (nSPS) is 20.9. The lowest BCUT2D eigenvalue weighted by Gasteiger charge is -2.14. The van der Waals surface area contributed by atoms with E-state index in [-0.39, 0.29) is 17.7 Å². The van der Waals surface area contributed by atoms with Crippen LogP contribution in [-0.2, 0) is 9.59 Å². The monoisotopic (exact) mass is 225 g/mol. The van der Waals surface area contributed by atoms with Crippen molar-refractivity contribution in [3.63, 3.8) is 0 Å². The summed E-state index contributed by atoms with van der Waals surface area (Å²) in [6.07, 6.45) is 6.69. The Morgan fingerprint density at radius 3 is 2.44 bits per heavy atom. The molecule has 0 aromatic heterocycles. The Bertz CT molecular complexity index is 250. The van der Waals surface area contributed by atoms with E-state index in [1.165, 1.54) is 4.90 Å². The number of imide groups is 1. The van der Waals surface area contributed by atoms with Gasteiger partial charge in [-0.05, 0) is 12.8 Å². The number of hydrogen-bond acceptors (Lipinski definition) is 2. The largest absolute Gasteiger partial charge is 0.282 e. The first kappa shape index (κ1) is 13.2. The van der Waals surface area contributed by atoms with Crippen LogP contribution in [0.1, 0.15) is 58.8 Å². The first-order valence-corrected chi connectivity index (χ1v) is 6.54. The van der Waals surface area contributed by atoms with Gasteiger partial charge in [0.15, 0.2) is 0 Å². The van der Waals surface area contributed by atoms with E-state index in [0.29, 0.717) is 13.0 Å². The zero-order valence-electron chi connectivity index (χ0n) is 10.5. The minimum Gasteiger partial charge on any atom is -0.282 e. The molecule has 0 aromatic carbocycles. The van der Waals surface area contributed by atoms with Gasteiger partial charge in [-0.1, -0.05) is 39.5 Å². The smallest absolute Gasteiger partial charge is 0.232 e. The van der Waals surface area contributed by atoms with Gasteiger partial charge >= 0.3 is 0 Å². The number of unbranched alkanes of at least 4 members (excludes halogenated alkanes) is 3. The molecule has 1 unspecified atom stereocenters. The number of hydrogen-bond donors (Lipinski definition) is 0. The molecule has 92 valence electrons. The van der Waals surface area contributed by atoms with E-state index in [2.05, 4.69) is 13.8 Å². The Balaban J connectivity index is 2.40. The quantitative estimate of drug-likeness (QED) is 0.493. The van der Waals surface area contributed by atoms with Crippen LogP contribution < -0.4 is 0 Å². The summed E-state index contributed by atoms with van der Waals surface area (Å²) < 4.78 is 0. The summed E-state index contributed by atoms with van der Waals surface area (Å²) in [5, 5.41) is 0. The lowest BCUT2D eigenvalue weighted by Crippen LogP contribution is -2.31. The molecule has 1 aliphatic rings. The molecule has 0 bridgehead atoms. The van der Waals surface area contributed by atoms with Crippen LogP contribution in [0.15, 0.2) is 0 Å². The van der Waals surface area contributed by atoms with E-state index < -0.39 is 0 Å². The van der Waals surface area contributed by atoms with Crippen LogP contribution in [0.25, 0.3) is 0 Å². The molecule has 1 aliphatic heterocycles. The Hall–Kier alpha value is -0.860. The van der Waals surface area contributed by atoms with Crippen LogP contribution >= 0.6 is 0 Å². The third-order valence-electron chi connectivity index (χ3n) is 3.23. The third-order valence-corrected chi connectivity index (χ3v) is 3.23. The molecule has 1 fully saturated rings. The minimum absolute atomic E-state index is 0.0177. The Morgan fingerprint density at radius 1 is 1.12 bits per heavy atom. The fourth-order valence-corrected chi connectivity index (χ4v) is 2.17. The summed E-state index contributed by atoms with van der Waals surface area (Å²) in [4.78, 5) is 25.0. The number of likely N-dealkylation sites (tertiary alicyclic amines) is 1. The maximum absolute atomic E-state index is 11.9. The summed E-state index contributed by atoms with van der Waals surface area (Å²) in [7, 11) is 0. The van der Waals surface area contributed by atoms with Crippen molar-refractivity contribution in [2.24, 2.45) is 5.92 Å². The highest BCUT2D eigenvalue weighted by molar-refractivity contribution is 6.03. The molecule has 0 saturated carbocycles. The SMILES string of the molecule is CCCCCC1CC(=O)N(CCCC)C1=O. The van der Waals surface area contributed by atoms with Gasteiger partial charge in [-0.15, -0.1) is 0 Å². The van der Waals surface area contributed by atoms with Crippen LogP contribution in [0.3, 0.4) is 0 Å². The van der Waals surface area contributed by atoms with Crippen LogP contribution in [0, 0.1) is 5.92 Å². The Kier molecular flexibility index (Phi) is 5.50. The fourth-order valence-electron chi connectivity index (χ4n) is 2.17. The van der Waals surface area contributed by atoms with E-state index >= 15 is 0 Å². The molecule has 0 spiro atoms. The van der Waals surface area contributed by atoms with Crippen molar-refractivity contribution in [1.82, 2.24) is 4.90 Å². The summed E-state index contributed by atoms with van der Waals surface area (Å²) in [6.45, 7) is 4.84. The van der Waals surface area contributed by atoms with Crippen molar-refractivity contribution in [2.45, 2.75) is 58.8 Å². The second-order valence-electron chi connectivity index (χ2n) is 4.63. The molecule has 0 aromatic rings. The molecule has 1 heterocycles. The number of rotatable bonds is 7. The summed E-state index contributed by atoms with van der Waals surface area (Å²) >= 11 is 0. The predicted molar refractivity (Wildman–Crippen MR) is 63.9 cm³/mol. The van der Waals surface area contributed by atoms with Crippen LogP contribution in [-0.4, -0.2) is 23.3 Å². The van der Waals surface area contributed by atoms with Gasteiger partial charge in [0.25, 0.3) is 0 Å². The lowest BCUT2D eigenvalue weighted by molar-refractivity contribution is -0.139. The Labute approximate surface area is 98.2 Å². The van der Waals surface area contributed by atoms with E-state index in [1.807, 2.05) is 0 Å². The summed E-state index contributed by atoms with van der Waals surface area (Å²) in [5.41, 5.74) is 0. The van der Waals surface area contributed by atoms with Crippen molar-refractivity contribution >= 4 is 11.8 Å². The third kappa shape index (κ3) is 3.32. The molecule has 0 radical (unpaired) electrons. The van der Waals surface area contributed by atoms with Crippen LogP contribution in [0.5, 0.6) is 0 Å². The summed E-state index contributed by atoms with van der Waals surface area (Å²) in [6, 6.07) is 0. The first-order chi connectivity index (χ1) is 7.70. The zero-order chi connectivity index (χ0) is 12.0. The second-order valence-corrected chi connectivity index (χ2v) is 4.63. The molecule has 2 amide bonds. The van der Waals surface area contributed by atoms with E-state index in [0.717, 1.165) is 38.5 Å². The van der Waals surface area contributed by atoms with Crippen molar-refractivity contribution in [3.05, 3.63) is 0 Å². The topological polar surface area (TPSA) is 37.4 Å². The lowest BCUT2D eigenvalue weighted by atomic mass is 10.00. The molecule has 0 aliphatic carbocycles. The number of amides is 2. The van der Waals surface area contributed by atoms with Gasteiger partial charge in [-0.2, -0.15) is 0 Å². The van der Waals surface area contributed by atoms with Crippen molar-refractivity contribution < 1.29 is 9.59 Å². The number of carbonyl (C=O) groups excluding carboxylic acids is 2.